The fourth-order valence-corrected chi connectivity index (χ4v) is 4.50. The zero-order valence-electron chi connectivity index (χ0n) is 18.4. The third kappa shape index (κ3) is 4.11. The van der Waals surface area contributed by atoms with Crippen LogP contribution in [0.1, 0.15) is 41.0 Å². The monoisotopic (exact) mass is 442 g/mol. The topological polar surface area (TPSA) is 69.7 Å². The van der Waals surface area contributed by atoms with E-state index in [1.807, 2.05) is 13.0 Å². The number of hydrogen-bond acceptors (Lipinski definition) is 5. The minimum absolute atomic E-state index is 0.0296. The molecule has 0 bridgehead atoms. The molecule has 6 heteroatoms. The molecule has 3 aliphatic rings. The van der Waals surface area contributed by atoms with Gasteiger partial charge in [-0.3, -0.25) is 14.4 Å². The highest BCUT2D eigenvalue weighted by Crippen LogP contribution is 2.52. The van der Waals surface area contributed by atoms with Gasteiger partial charge in [0.15, 0.2) is 11.4 Å². The van der Waals surface area contributed by atoms with Crippen molar-refractivity contribution < 1.29 is 23.9 Å². The van der Waals surface area contributed by atoms with Crippen molar-refractivity contribution in [2.24, 2.45) is 17.8 Å². The van der Waals surface area contributed by atoms with Gasteiger partial charge in [-0.25, -0.2) is 0 Å². The molecular weight excluding hydrogens is 416 g/mol. The summed E-state index contributed by atoms with van der Waals surface area (Å²) in [5.74, 6) is -2.59. The van der Waals surface area contributed by atoms with E-state index in [0.29, 0.717) is 22.8 Å². The molecule has 5 nitrogen and oxygen atoms in total. The van der Waals surface area contributed by atoms with Crippen LogP contribution in [-0.2, 0) is 23.9 Å². The first-order valence-electron chi connectivity index (χ1n) is 10.4. The van der Waals surface area contributed by atoms with Crippen molar-refractivity contribution in [3.63, 3.8) is 0 Å². The van der Waals surface area contributed by atoms with E-state index in [-0.39, 0.29) is 5.03 Å². The Kier molecular flexibility index (Phi) is 6.56. The van der Waals surface area contributed by atoms with E-state index in [4.69, 9.17) is 21.1 Å². The second-order valence-corrected chi connectivity index (χ2v) is 8.69. The van der Waals surface area contributed by atoms with Crippen LogP contribution in [0.25, 0.3) is 0 Å². The van der Waals surface area contributed by atoms with Crippen molar-refractivity contribution in [3.8, 4) is 0 Å². The lowest BCUT2D eigenvalue weighted by atomic mass is 9.67. The smallest absolute Gasteiger partial charge is 0.318 e. The number of hydrogen-bond donors (Lipinski definition) is 0. The minimum atomic E-state index is -1.54. The molecule has 0 spiro atoms. The predicted octanol–water partition coefficient (Wildman–Crippen LogP) is 5.10. The first-order chi connectivity index (χ1) is 14.6. The van der Waals surface area contributed by atoms with E-state index in [0.717, 1.165) is 12.0 Å². The molecule has 0 amide bonds. The van der Waals surface area contributed by atoms with Crippen LogP contribution >= 0.6 is 11.6 Å². The number of rotatable bonds is 6. The van der Waals surface area contributed by atoms with E-state index in [9.17, 15) is 14.4 Å². The zero-order valence-corrected chi connectivity index (χ0v) is 19.2. The highest BCUT2D eigenvalue weighted by atomic mass is 35.5. The number of carbonyl (C=O) groups excluding carboxylic acids is 3. The van der Waals surface area contributed by atoms with Crippen molar-refractivity contribution >= 4 is 29.1 Å². The highest BCUT2D eigenvalue weighted by Gasteiger charge is 2.63. The molecule has 164 valence electrons. The fourth-order valence-electron chi connectivity index (χ4n) is 4.15. The van der Waals surface area contributed by atoms with Gasteiger partial charge in [-0.2, -0.15) is 0 Å². The normalized spacial score (nSPS) is 29.4. The van der Waals surface area contributed by atoms with Crippen LogP contribution in [0, 0.1) is 17.8 Å². The second kappa shape index (κ2) is 8.83. The van der Waals surface area contributed by atoms with E-state index >= 15 is 0 Å². The number of ketones is 2. The molecule has 0 aromatic heterocycles. The number of esters is 1. The van der Waals surface area contributed by atoms with Crippen LogP contribution in [0.15, 0.2) is 70.2 Å². The maximum atomic E-state index is 13.1. The van der Waals surface area contributed by atoms with E-state index in [1.165, 1.54) is 19.3 Å². The molecular formula is C25H27ClO5. The Balaban J connectivity index is 1.99. The van der Waals surface area contributed by atoms with Crippen LogP contribution in [-0.4, -0.2) is 23.1 Å². The average Bonchev–Trinajstić information content (AvgIpc) is 3.01. The molecule has 0 saturated carbocycles. The summed E-state index contributed by atoms with van der Waals surface area (Å²) in [5, 5.41) is -0.0296. The van der Waals surface area contributed by atoms with Crippen molar-refractivity contribution in [2.45, 2.75) is 46.6 Å². The molecule has 1 unspecified atom stereocenters. The maximum absolute atomic E-state index is 13.1. The Labute approximate surface area is 187 Å². The Hall–Kier alpha value is -2.66. The molecule has 0 aromatic carbocycles. The summed E-state index contributed by atoms with van der Waals surface area (Å²) in [6.45, 7) is 9.48. The van der Waals surface area contributed by atoms with Crippen molar-refractivity contribution in [1.29, 1.82) is 0 Å². The van der Waals surface area contributed by atoms with Crippen LogP contribution in [0.2, 0.25) is 0 Å². The molecule has 3 rings (SSSR count). The van der Waals surface area contributed by atoms with Crippen molar-refractivity contribution in [3.05, 3.63) is 70.2 Å². The summed E-state index contributed by atoms with van der Waals surface area (Å²) in [5.41, 5.74) is 0.531. The van der Waals surface area contributed by atoms with E-state index in [1.54, 1.807) is 25.2 Å². The number of ether oxygens (including phenoxy) is 2. The highest BCUT2D eigenvalue weighted by molar-refractivity contribution is 6.45. The van der Waals surface area contributed by atoms with Crippen molar-refractivity contribution in [2.75, 3.05) is 0 Å². The largest absolute Gasteiger partial charge is 0.465 e. The molecule has 1 aliphatic carbocycles. The van der Waals surface area contributed by atoms with Gasteiger partial charge in [0.1, 0.15) is 11.7 Å². The Morgan fingerprint density at radius 1 is 1.32 bits per heavy atom. The van der Waals surface area contributed by atoms with Crippen LogP contribution in [0.5, 0.6) is 0 Å². The van der Waals surface area contributed by atoms with Gasteiger partial charge in [0.05, 0.1) is 17.2 Å². The second-order valence-electron chi connectivity index (χ2n) is 8.31. The number of carbonyl (C=O) groups is 3. The quantitative estimate of drug-likeness (QED) is 0.247. The van der Waals surface area contributed by atoms with Gasteiger partial charge in [-0.05, 0) is 44.9 Å². The third-order valence-electron chi connectivity index (χ3n) is 5.97. The van der Waals surface area contributed by atoms with E-state index < -0.39 is 35.0 Å². The van der Waals surface area contributed by atoms with Gasteiger partial charge < -0.3 is 9.47 Å². The Morgan fingerprint density at radius 3 is 2.68 bits per heavy atom. The summed E-state index contributed by atoms with van der Waals surface area (Å²) in [7, 11) is 0. The summed E-state index contributed by atoms with van der Waals surface area (Å²) >= 11 is 6.41. The fraction of sp³-hybridized carbons (Fsp3) is 0.400. The standard InChI is InChI=1S/C25H27ClO5/c1-6-8-19(27)20-21-18-13-30-16(10-9-15(4)11-14(3)7-2)12-17(18)22(26)23(28)25(21,5)31-24(20)29/h6,8-14,20-21H,7H2,1-5H3/b8-6+,10-9+,15-11+/t14?,20-,21-,25+/m1/s1. The number of fused-ring (bicyclic) bond motifs is 3. The summed E-state index contributed by atoms with van der Waals surface area (Å²) in [6, 6.07) is 0. The minimum Gasteiger partial charge on any atom is -0.465 e. The van der Waals surface area contributed by atoms with Gasteiger partial charge in [0, 0.05) is 11.1 Å². The summed E-state index contributed by atoms with van der Waals surface area (Å²) in [4.78, 5) is 38.2. The molecule has 0 N–H and O–H groups in total. The van der Waals surface area contributed by atoms with E-state index in [2.05, 4.69) is 19.9 Å². The molecule has 1 fully saturated rings. The lowest BCUT2D eigenvalue weighted by Gasteiger charge is -2.36. The Morgan fingerprint density at radius 2 is 2.03 bits per heavy atom. The zero-order chi connectivity index (χ0) is 22.9. The lowest BCUT2D eigenvalue weighted by molar-refractivity contribution is -0.156. The first-order valence-corrected chi connectivity index (χ1v) is 10.8. The maximum Gasteiger partial charge on any atom is 0.318 e. The third-order valence-corrected chi connectivity index (χ3v) is 6.35. The van der Waals surface area contributed by atoms with Gasteiger partial charge in [-0.1, -0.05) is 55.7 Å². The molecule has 2 heterocycles. The Bertz CT molecular complexity index is 1010. The molecule has 31 heavy (non-hydrogen) atoms. The van der Waals surface area contributed by atoms with Crippen LogP contribution < -0.4 is 0 Å². The molecule has 1 saturated heterocycles. The van der Waals surface area contributed by atoms with Crippen LogP contribution in [0.3, 0.4) is 0 Å². The predicted molar refractivity (Wildman–Crippen MR) is 119 cm³/mol. The molecule has 4 atom stereocenters. The lowest BCUT2D eigenvalue weighted by Crippen LogP contribution is -2.47. The van der Waals surface area contributed by atoms with Gasteiger partial charge in [0.25, 0.3) is 0 Å². The molecule has 0 radical (unpaired) electrons. The number of halogens is 1. The first kappa shape index (κ1) is 23.0. The van der Waals surface area contributed by atoms with Crippen molar-refractivity contribution in [1.82, 2.24) is 0 Å². The van der Waals surface area contributed by atoms with Crippen LogP contribution in [0.4, 0.5) is 0 Å². The molecule has 2 aliphatic heterocycles. The summed E-state index contributed by atoms with van der Waals surface area (Å²) < 4.78 is 11.2. The SMILES string of the molecule is C/C=C/C(=O)[C@H]1C(=O)O[C@]2(C)C(=O)C(Cl)=C3C=C(/C=C/C(C)=C/C(C)CC)OC=C3[C@H]12. The molecule has 0 aromatic rings. The number of Topliss-reactive ketones (excluding diaryl/α,β-unsaturated/α-hetero) is 1. The summed E-state index contributed by atoms with van der Waals surface area (Å²) in [6.07, 6.45) is 13.0. The van der Waals surface area contributed by atoms with Gasteiger partial charge >= 0.3 is 5.97 Å². The average molecular weight is 443 g/mol. The van der Waals surface area contributed by atoms with Gasteiger partial charge in [0.2, 0.25) is 5.78 Å². The number of allylic oxidation sites excluding steroid dienone is 8. The van der Waals surface area contributed by atoms with Gasteiger partial charge in [-0.15, -0.1) is 0 Å².